The third-order valence-corrected chi connectivity index (χ3v) is 14.1. The first-order valence-corrected chi connectivity index (χ1v) is 23.9. The molecule has 0 atom stereocenters. The summed E-state index contributed by atoms with van der Waals surface area (Å²) < 4.78 is 0. The van der Waals surface area contributed by atoms with Crippen LogP contribution in [0.15, 0.2) is 267 Å². The van der Waals surface area contributed by atoms with E-state index in [-0.39, 0.29) is 5.41 Å². The van der Waals surface area contributed by atoms with Gasteiger partial charge >= 0.3 is 0 Å². The monoisotopic (exact) mass is 882 g/mol. The van der Waals surface area contributed by atoms with E-state index in [1.165, 1.54) is 77.5 Å². The second-order valence-corrected chi connectivity index (χ2v) is 18.6. The van der Waals surface area contributed by atoms with Crippen LogP contribution in [0.3, 0.4) is 0 Å². The van der Waals surface area contributed by atoms with Crippen LogP contribution in [-0.4, -0.2) is 0 Å². The van der Waals surface area contributed by atoms with Gasteiger partial charge in [-0.1, -0.05) is 208 Å². The van der Waals surface area contributed by atoms with Crippen molar-refractivity contribution < 1.29 is 0 Å². The summed E-state index contributed by atoms with van der Waals surface area (Å²) in [4.78, 5) is 4.81. The van der Waals surface area contributed by atoms with Crippen LogP contribution < -0.4 is 9.80 Å². The van der Waals surface area contributed by atoms with Crippen molar-refractivity contribution in [1.82, 2.24) is 0 Å². The van der Waals surface area contributed by atoms with Crippen molar-refractivity contribution >= 4 is 44.9 Å². The van der Waals surface area contributed by atoms with Crippen LogP contribution in [-0.2, 0) is 5.41 Å². The topological polar surface area (TPSA) is 6.48 Å². The first kappa shape index (κ1) is 41.7. The van der Waals surface area contributed by atoms with E-state index < -0.39 is 0 Å². The molecular weight excluding hydrogens is 833 g/mol. The van der Waals surface area contributed by atoms with E-state index in [9.17, 15) is 0 Å². The Bertz CT molecular complexity index is 3490. The molecule has 12 rings (SSSR count). The number of hydrogen-bond acceptors (Lipinski definition) is 2. The van der Waals surface area contributed by atoms with Gasteiger partial charge in [-0.05, 0) is 150 Å². The van der Waals surface area contributed by atoms with Crippen molar-refractivity contribution in [3.05, 3.63) is 278 Å². The zero-order valence-corrected chi connectivity index (χ0v) is 38.8. The lowest BCUT2D eigenvalue weighted by atomic mass is 9.82. The second-order valence-electron chi connectivity index (χ2n) is 18.6. The first-order chi connectivity index (χ1) is 34.0. The molecule has 0 unspecified atom stereocenters. The van der Waals surface area contributed by atoms with Crippen LogP contribution in [0, 0.1) is 0 Å². The summed E-state index contributed by atoms with van der Waals surface area (Å²) in [5.74, 6) is 0. The Labute approximate surface area is 405 Å². The lowest BCUT2D eigenvalue weighted by molar-refractivity contribution is 0.660. The van der Waals surface area contributed by atoms with E-state index >= 15 is 0 Å². The molecule has 0 heterocycles. The molecule has 69 heavy (non-hydrogen) atoms. The molecule has 0 amide bonds. The van der Waals surface area contributed by atoms with Gasteiger partial charge in [0.05, 0.1) is 0 Å². The minimum atomic E-state index is -0.280. The molecule has 0 spiro atoms. The van der Waals surface area contributed by atoms with Gasteiger partial charge in [-0.25, -0.2) is 0 Å². The molecule has 11 aromatic rings. The van der Waals surface area contributed by atoms with Crippen molar-refractivity contribution in [2.24, 2.45) is 0 Å². The van der Waals surface area contributed by atoms with Crippen LogP contribution in [0.5, 0.6) is 0 Å². The third-order valence-electron chi connectivity index (χ3n) is 14.1. The normalized spacial score (nSPS) is 12.3. The number of rotatable bonds is 10. The smallest absolute Gasteiger partial charge is 0.0465 e. The predicted molar refractivity (Wildman–Crippen MR) is 293 cm³/mol. The lowest BCUT2D eigenvalue weighted by Gasteiger charge is -2.29. The number of nitrogens with zero attached hydrogens (tertiary/aromatic N) is 2. The first-order valence-electron chi connectivity index (χ1n) is 23.9. The van der Waals surface area contributed by atoms with Gasteiger partial charge in [0.1, 0.15) is 0 Å². The van der Waals surface area contributed by atoms with Gasteiger partial charge in [-0.2, -0.15) is 0 Å². The summed E-state index contributed by atoms with van der Waals surface area (Å²) in [5.41, 5.74) is 21.2. The molecule has 0 radical (unpaired) electrons. The van der Waals surface area contributed by atoms with Crippen molar-refractivity contribution in [1.29, 1.82) is 0 Å². The average Bonchev–Trinajstić information content (AvgIpc) is 3.64. The molecule has 0 bridgehead atoms. The highest BCUT2D eigenvalue weighted by atomic mass is 15.1. The highest BCUT2D eigenvalue weighted by Gasteiger charge is 2.37. The molecule has 0 aliphatic heterocycles. The summed E-state index contributed by atoms with van der Waals surface area (Å²) in [6.45, 7) is 4.77. The Morgan fingerprint density at radius 2 is 0.565 bits per heavy atom. The van der Waals surface area contributed by atoms with Gasteiger partial charge in [0.2, 0.25) is 0 Å². The van der Waals surface area contributed by atoms with Crippen LogP contribution in [0.4, 0.5) is 34.1 Å². The molecular formula is C67H50N2. The maximum absolute atomic E-state index is 2.43. The molecule has 11 aromatic carbocycles. The highest BCUT2D eigenvalue weighted by Crippen LogP contribution is 2.53. The van der Waals surface area contributed by atoms with Crippen LogP contribution in [0.1, 0.15) is 25.0 Å². The lowest BCUT2D eigenvalue weighted by Crippen LogP contribution is -2.17. The van der Waals surface area contributed by atoms with E-state index in [2.05, 4.69) is 291 Å². The van der Waals surface area contributed by atoms with Crippen LogP contribution >= 0.6 is 0 Å². The number of hydrogen-bond donors (Lipinski definition) is 0. The van der Waals surface area contributed by atoms with Crippen LogP contribution in [0.25, 0.3) is 66.4 Å². The molecule has 1 aliphatic rings. The zero-order valence-electron chi connectivity index (χ0n) is 38.8. The van der Waals surface area contributed by atoms with Gasteiger partial charge in [-0.3, -0.25) is 0 Å². The largest absolute Gasteiger partial charge is 0.310 e. The Kier molecular flexibility index (Phi) is 10.6. The maximum atomic E-state index is 2.43. The number of benzene rings is 11. The number of anilines is 6. The van der Waals surface area contributed by atoms with E-state index in [1.807, 2.05) is 0 Å². The standard InChI is InChI=1S/C67H50N2/c1-67(2)65-45-59(68(55-33-25-50(26-34-55)47-15-6-3-7-16-47)56-35-27-51(28-36-56)48-17-8-4-9-18-48)41-43-63(65)64-44-42-60(46-66(64)67)69(57-37-29-52(30-38-57)49-19-10-5-11-20-49)58-39-31-54(32-40-58)62-24-14-22-53-21-12-13-23-61(53)62/h3-46H,1-2H3. The molecule has 2 nitrogen and oxygen atoms in total. The summed E-state index contributed by atoms with van der Waals surface area (Å²) in [6.07, 6.45) is 0. The van der Waals surface area contributed by atoms with Crippen molar-refractivity contribution in [2.45, 2.75) is 19.3 Å². The molecule has 1 aliphatic carbocycles. The molecule has 0 saturated heterocycles. The average molecular weight is 883 g/mol. The van der Waals surface area contributed by atoms with Crippen molar-refractivity contribution in [3.8, 4) is 55.6 Å². The fraction of sp³-hybridized carbons (Fsp3) is 0.0448. The Morgan fingerprint density at radius 1 is 0.246 bits per heavy atom. The van der Waals surface area contributed by atoms with E-state index in [0.29, 0.717) is 0 Å². The van der Waals surface area contributed by atoms with E-state index in [4.69, 9.17) is 0 Å². The van der Waals surface area contributed by atoms with Gasteiger partial charge in [0, 0.05) is 39.5 Å². The second kappa shape index (κ2) is 17.5. The molecule has 0 fully saturated rings. The Balaban J connectivity index is 0.931. The third kappa shape index (κ3) is 7.76. The molecule has 0 N–H and O–H groups in total. The van der Waals surface area contributed by atoms with Crippen molar-refractivity contribution in [2.75, 3.05) is 9.80 Å². The van der Waals surface area contributed by atoms with E-state index in [1.54, 1.807) is 0 Å². The Hall–Kier alpha value is -8.72. The molecule has 2 heteroatoms. The van der Waals surface area contributed by atoms with Gasteiger partial charge in [-0.15, -0.1) is 0 Å². The predicted octanol–water partition coefficient (Wildman–Crippen LogP) is 18.8. The molecule has 328 valence electrons. The summed E-state index contributed by atoms with van der Waals surface area (Å²) in [6, 6.07) is 97.3. The van der Waals surface area contributed by atoms with Crippen molar-refractivity contribution in [3.63, 3.8) is 0 Å². The Morgan fingerprint density at radius 3 is 0.971 bits per heavy atom. The quantitative estimate of drug-likeness (QED) is 0.135. The number of fused-ring (bicyclic) bond motifs is 4. The minimum absolute atomic E-state index is 0.280. The SMILES string of the molecule is CC1(C)c2cc(N(c3ccc(-c4ccccc4)cc3)c3ccc(-c4ccccc4)cc3)ccc2-c2ccc(N(c3ccc(-c4ccccc4)cc3)c3ccc(-c4cccc5ccccc45)cc3)cc21. The fourth-order valence-corrected chi connectivity index (χ4v) is 10.5. The molecule has 0 aromatic heterocycles. The van der Waals surface area contributed by atoms with E-state index in [0.717, 1.165) is 34.1 Å². The fourth-order valence-electron chi connectivity index (χ4n) is 10.5. The maximum Gasteiger partial charge on any atom is 0.0465 e. The van der Waals surface area contributed by atoms with Gasteiger partial charge in [0.25, 0.3) is 0 Å². The summed E-state index contributed by atoms with van der Waals surface area (Å²) in [7, 11) is 0. The van der Waals surface area contributed by atoms with Gasteiger partial charge < -0.3 is 9.80 Å². The van der Waals surface area contributed by atoms with Gasteiger partial charge in [0.15, 0.2) is 0 Å². The minimum Gasteiger partial charge on any atom is -0.310 e. The highest BCUT2D eigenvalue weighted by molar-refractivity contribution is 5.97. The summed E-state index contributed by atoms with van der Waals surface area (Å²) in [5, 5.41) is 2.51. The zero-order chi connectivity index (χ0) is 46.3. The molecule has 0 saturated carbocycles. The summed E-state index contributed by atoms with van der Waals surface area (Å²) >= 11 is 0. The van der Waals surface area contributed by atoms with Crippen LogP contribution in [0.2, 0.25) is 0 Å².